The zero-order valence-electron chi connectivity index (χ0n) is 31.2. The van der Waals surface area contributed by atoms with Crippen molar-refractivity contribution in [3.8, 4) is 56.4 Å². The van der Waals surface area contributed by atoms with Crippen molar-refractivity contribution in [2.45, 2.75) is 24.7 Å². The molecule has 8 aromatic carbocycles. The van der Waals surface area contributed by atoms with Gasteiger partial charge in [-0.2, -0.15) is 0 Å². The van der Waals surface area contributed by atoms with Gasteiger partial charge in [-0.1, -0.05) is 196 Å². The van der Waals surface area contributed by atoms with Crippen molar-refractivity contribution in [1.82, 2.24) is 15.0 Å². The van der Waals surface area contributed by atoms with Crippen LogP contribution in [0.15, 0.2) is 188 Å². The van der Waals surface area contributed by atoms with E-state index in [2.05, 4.69) is 166 Å². The van der Waals surface area contributed by atoms with Crippen LogP contribution in [0.4, 0.5) is 0 Å². The number of benzene rings is 8. The van der Waals surface area contributed by atoms with Crippen molar-refractivity contribution >= 4 is 10.8 Å². The molecule has 264 valence electrons. The molecule has 9 aromatic rings. The quantitative estimate of drug-likeness (QED) is 0.182. The molecule has 0 aliphatic heterocycles. The highest BCUT2D eigenvalue weighted by Crippen LogP contribution is 2.62. The Morgan fingerprint density at radius 3 is 1.36 bits per heavy atom. The highest BCUT2D eigenvalue weighted by atomic mass is 15.0. The van der Waals surface area contributed by atoms with E-state index in [-0.39, 0.29) is 5.41 Å². The molecule has 11 rings (SSSR count). The highest BCUT2D eigenvalue weighted by molar-refractivity contribution is 6.04. The van der Waals surface area contributed by atoms with Crippen molar-refractivity contribution in [3.63, 3.8) is 0 Å². The molecule has 1 heterocycles. The van der Waals surface area contributed by atoms with Crippen LogP contribution < -0.4 is 0 Å². The van der Waals surface area contributed by atoms with Crippen molar-refractivity contribution in [1.29, 1.82) is 0 Å². The summed E-state index contributed by atoms with van der Waals surface area (Å²) >= 11 is 0. The zero-order chi connectivity index (χ0) is 37.4. The Morgan fingerprint density at radius 1 is 0.304 bits per heavy atom. The van der Waals surface area contributed by atoms with Crippen LogP contribution in [-0.2, 0) is 10.8 Å². The second kappa shape index (κ2) is 12.3. The summed E-state index contributed by atoms with van der Waals surface area (Å²) in [5.41, 5.74) is 15.4. The molecule has 0 amide bonds. The molecular weight excluding hydrogens is 679 g/mol. The Hall–Kier alpha value is -6.97. The molecule has 2 aliphatic rings. The van der Waals surface area contributed by atoms with E-state index < -0.39 is 5.41 Å². The minimum absolute atomic E-state index is 0.234. The van der Waals surface area contributed by atoms with Crippen molar-refractivity contribution < 1.29 is 0 Å². The molecule has 1 aromatic heterocycles. The second-order valence-corrected chi connectivity index (χ2v) is 15.5. The Morgan fingerprint density at radius 2 is 0.750 bits per heavy atom. The molecule has 0 atom stereocenters. The fourth-order valence-electron chi connectivity index (χ4n) is 9.70. The van der Waals surface area contributed by atoms with Gasteiger partial charge in [0.25, 0.3) is 0 Å². The lowest BCUT2D eigenvalue weighted by molar-refractivity contribution is 0.563. The summed E-state index contributed by atoms with van der Waals surface area (Å²) in [6.07, 6.45) is 0. The van der Waals surface area contributed by atoms with Crippen LogP contribution >= 0.6 is 0 Å². The molecular formula is C53H37N3. The molecule has 1 spiro atoms. The molecule has 0 saturated carbocycles. The first-order chi connectivity index (χ1) is 27.5. The van der Waals surface area contributed by atoms with E-state index in [1.807, 2.05) is 36.4 Å². The van der Waals surface area contributed by atoms with Gasteiger partial charge >= 0.3 is 0 Å². The maximum absolute atomic E-state index is 5.11. The van der Waals surface area contributed by atoms with Crippen LogP contribution in [0.2, 0.25) is 0 Å². The summed E-state index contributed by atoms with van der Waals surface area (Å²) in [4.78, 5) is 15.2. The third kappa shape index (κ3) is 4.61. The molecule has 0 bridgehead atoms. The van der Waals surface area contributed by atoms with Crippen LogP contribution in [0.25, 0.3) is 67.2 Å². The number of nitrogens with zero attached hydrogens (tertiary/aromatic N) is 3. The van der Waals surface area contributed by atoms with Gasteiger partial charge in [0.2, 0.25) is 0 Å². The lowest BCUT2D eigenvalue weighted by Gasteiger charge is -2.46. The van der Waals surface area contributed by atoms with Gasteiger partial charge in [-0.15, -0.1) is 0 Å². The van der Waals surface area contributed by atoms with E-state index in [1.54, 1.807) is 0 Å². The van der Waals surface area contributed by atoms with Crippen LogP contribution in [0, 0.1) is 0 Å². The molecule has 2 aliphatic carbocycles. The van der Waals surface area contributed by atoms with Gasteiger partial charge in [0, 0.05) is 22.1 Å². The molecule has 0 N–H and O–H groups in total. The summed E-state index contributed by atoms with van der Waals surface area (Å²) in [5, 5.41) is 2.26. The third-order valence-corrected chi connectivity index (χ3v) is 12.2. The lowest BCUT2D eigenvalue weighted by atomic mass is 9.55. The fourth-order valence-corrected chi connectivity index (χ4v) is 9.70. The first kappa shape index (κ1) is 32.5. The monoisotopic (exact) mass is 715 g/mol. The lowest BCUT2D eigenvalue weighted by Crippen LogP contribution is -2.40. The highest BCUT2D eigenvalue weighted by Gasteiger charge is 2.53. The summed E-state index contributed by atoms with van der Waals surface area (Å²) in [5.74, 6) is 1.97. The van der Waals surface area contributed by atoms with Gasteiger partial charge in [0.1, 0.15) is 0 Å². The maximum atomic E-state index is 5.11. The van der Waals surface area contributed by atoms with Gasteiger partial charge in [-0.25, -0.2) is 15.0 Å². The molecule has 3 nitrogen and oxygen atoms in total. The van der Waals surface area contributed by atoms with Crippen molar-refractivity contribution in [3.05, 3.63) is 221 Å². The molecule has 0 radical (unpaired) electrons. The zero-order valence-corrected chi connectivity index (χ0v) is 31.2. The first-order valence-electron chi connectivity index (χ1n) is 19.4. The van der Waals surface area contributed by atoms with Gasteiger partial charge in [-0.05, 0) is 72.5 Å². The average Bonchev–Trinajstić information content (AvgIpc) is 3.56. The first-order valence-corrected chi connectivity index (χ1v) is 19.4. The second-order valence-electron chi connectivity index (χ2n) is 15.5. The summed E-state index contributed by atoms with van der Waals surface area (Å²) in [7, 11) is 0. The molecule has 0 unspecified atom stereocenters. The van der Waals surface area contributed by atoms with E-state index in [0.717, 1.165) is 27.5 Å². The summed E-state index contributed by atoms with van der Waals surface area (Å²) in [6.45, 7) is 4.79. The van der Waals surface area contributed by atoms with E-state index in [9.17, 15) is 0 Å². The normalized spacial score (nSPS) is 14.2. The van der Waals surface area contributed by atoms with Crippen LogP contribution in [0.1, 0.15) is 47.2 Å². The van der Waals surface area contributed by atoms with Gasteiger partial charge in [0.05, 0.1) is 5.41 Å². The van der Waals surface area contributed by atoms with Crippen LogP contribution in [-0.4, -0.2) is 15.0 Å². The SMILES string of the molecule is CC1(C)c2ccccc2C2(c3ccccc3-c3ccccc32)c2ccc(-c3cccc4c(-c5nc(-c6ccccc6)nc(-c6ccccc6)n5)cccc34)cc21. The van der Waals surface area contributed by atoms with Crippen molar-refractivity contribution in [2.75, 3.05) is 0 Å². The fraction of sp³-hybridized carbons (Fsp3) is 0.0755. The van der Waals surface area contributed by atoms with Crippen molar-refractivity contribution in [2.24, 2.45) is 0 Å². The predicted molar refractivity (Wildman–Crippen MR) is 229 cm³/mol. The Kier molecular flexibility index (Phi) is 7.11. The molecule has 56 heavy (non-hydrogen) atoms. The van der Waals surface area contributed by atoms with Gasteiger partial charge in [-0.3, -0.25) is 0 Å². The van der Waals surface area contributed by atoms with Gasteiger partial charge in [0.15, 0.2) is 17.5 Å². The Labute approximate surface area is 327 Å². The largest absolute Gasteiger partial charge is 0.208 e. The minimum Gasteiger partial charge on any atom is -0.208 e. The van der Waals surface area contributed by atoms with E-state index in [0.29, 0.717) is 17.5 Å². The number of aromatic nitrogens is 3. The van der Waals surface area contributed by atoms with Crippen LogP contribution in [0.3, 0.4) is 0 Å². The summed E-state index contributed by atoms with van der Waals surface area (Å²) < 4.78 is 0. The standard InChI is InChI=1S/C53H37N3/c1-52(2)45-29-13-14-30-46(45)53(43-27-11-9-21-40(43)41-22-10-12-28-44(41)53)47-32-31-36(33-48(47)52)37-23-15-25-39-38(37)24-16-26-42(39)51-55-49(34-17-5-3-6-18-34)54-50(56-51)35-19-7-4-8-20-35/h3-33H,1-2H3. The molecule has 0 fully saturated rings. The molecule has 3 heteroatoms. The Bertz CT molecular complexity index is 2900. The van der Waals surface area contributed by atoms with E-state index >= 15 is 0 Å². The summed E-state index contributed by atoms with van der Waals surface area (Å²) in [6, 6.07) is 67.9. The van der Waals surface area contributed by atoms with Crippen LogP contribution in [0.5, 0.6) is 0 Å². The predicted octanol–water partition coefficient (Wildman–Crippen LogP) is 12.7. The topological polar surface area (TPSA) is 38.7 Å². The maximum Gasteiger partial charge on any atom is 0.164 e. The van der Waals surface area contributed by atoms with Gasteiger partial charge < -0.3 is 0 Å². The average molecular weight is 716 g/mol. The number of hydrogen-bond acceptors (Lipinski definition) is 3. The van der Waals surface area contributed by atoms with E-state index in [1.165, 1.54) is 55.6 Å². The minimum atomic E-state index is -0.412. The van der Waals surface area contributed by atoms with E-state index in [4.69, 9.17) is 15.0 Å². The smallest absolute Gasteiger partial charge is 0.164 e. The number of hydrogen-bond donors (Lipinski definition) is 0. The number of rotatable bonds is 4. The molecule has 0 saturated heterocycles. The Balaban J connectivity index is 1.12. The number of fused-ring (bicyclic) bond motifs is 10. The third-order valence-electron chi connectivity index (χ3n) is 12.2.